The molecule has 0 aromatic rings. The van der Waals surface area contributed by atoms with Gasteiger partial charge in [0.05, 0.1) is 11.7 Å². The first kappa shape index (κ1) is 23.8. The van der Waals surface area contributed by atoms with Crippen LogP contribution in [-0.2, 0) is 14.3 Å². The summed E-state index contributed by atoms with van der Waals surface area (Å²) >= 11 is 0. The van der Waals surface area contributed by atoms with Crippen LogP contribution in [0.15, 0.2) is 12.2 Å². The van der Waals surface area contributed by atoms with Gasteiger partial charge in [0, 0.05) is 25.9 Å². The monoisotopic (exact) mass is 382 g/mol. The van der Waals surface area contributed by atoms with Crippen molar-refractivity contribution in [2.24, 2.45) is 11.8 Å². The van der Waals surface area contributed by atoms with Crippen molar-refractivity contribution in [2.45, 2.75) is 96.2 Å². The minimum atomic E-state index is -0.784. The van der Waals surface area contributed by atoms with Crippen molar-refractivity contribution >= 4 is 11.8 Å². The summed E-state index contributed by atoms with van der Waals surface area (Å²) in [6, 6.07) is 0. The Bertz CT molecular complexity index is 487. The molecular weight excluding hydrogens is 344 g/mol. The molecule has 0 aromatic carbocycles. The molecule has 1 fully saturated rings. The third kappa shape index (κ3) is 8.56. The second-order valence-corrected chi connectivity index (χ2v) is 8.14. The molecule has 0 saturated heterocycles. The van der Waals surface area contributed by atoms with Crippen LogP contribution in [0.1, 0.15) is 84.5 Å². The van der Waals surface area contributed by atoms with Crippen molar-refractivity contribution in [1.82, 2.24) is 0 Å². The van der Waals surface area contributed by atoms with E-state index < -0.39 is 12.1 Å². The van der Waals surface area contributed by atoms with Gasteiger partial charge in [0.25, 0.3) is 0 Å². The second kappa shape index (κ2) is 12.3. The second-order valence-electron chi connectivity index (χ2n) is 8.14. The predicted octanol–water partition coefficient (Wildman–Crippen LogP) is 4.52. The maximum Gasteiger partial charge on any atom is 0.303 e. The molecule has 0 bridgehead atoms. The van der Waals surface area contributed by atoms with E-state index in [9.17, 15) is 14.7 Å². The van der Waals surface area contributed by atoms with Crippen LogP contribution < -0.4 is 0 Å². The lowest BCUT2D eigenvalue weighted by atomic mass is 9.86. The van der Waals surface area contributed by atoms with Crippen molar-refractivity contribution in [3.05, 3.63) is 12.2 Å². The Hall–Kier alpha value is -1.20. The fourth-order valence-corrected chi connectivity index (χ4v) is 3.93. The van der Waals surface area contributed by atoms with Gasteiger partial charge in [-0.25, -0.2) is 0 Å². The van der Waals surface area contributed by atoms with Crippen LogP contribution in [0.25, 0.3) is 0 Å². The van der Waals surface area contributed by atoms with Crippen molar-refractivity contribution in [1.29, 1.82) is 0 Å². The molecule has 0 heterocycles. The lowest BCUT2D eigenvalue weighted by molar-refractivity contribution is -0.137. The predicted molar refractivity (Wildman–Crippen MR) is 107 cm³/mol. The number of methoxy groups -OCH3 is 1. The molecule has 0 aromatic heterocycles. The highest BCUT2D eigenvalue weighted by atomic mass is 16.5. The van der Waals surface area contributed by atoms with E-state index in [1.807, 2.05) is 0 Å². The first-order chi connectivity index (χ1) is 12.8. The highest BCUT2D eigenvalue weighted by Gasteiger charge is 2.37. The molecule has 0 aliphatic heterocycles. The van der Waals surface area contributed by atoms with Crippen molar-refractivity contribution in [2.75, 3.05) is 7.11 Å². The molecule has 5 nitrogen and oxygen atoms in total. The Morgan fingerprint density at radius 3 is 2.70 bits per heavy atom. The van der Waals surface area contributed by atoms with E-state index in [0.717, 1.165) is 44.9 Å². The summed E-state index contributed by atoms with van der Waals surface area (Å²) in [4.78, 5) is 22.8. The molecule has 1 saturated carbocycles. The Labute approximate surface area is 164 Å². The number of rotatable bonds is 14. The number of ketones is 1. The molecule has 5 heteroatoms. The van der Waals surface area contributed by atoms with E-state index in [0.29, 0.717) is 19.3 Å². The van der Waals surface area contributed by atoms with Crippen molar-refractivity contribution in [3.63, 3.8) is 0 Å². The summed E-state index contributed by atoms with van der Waals surface area (Å²) in [5.74, 6) is -0.846. The molecule has 1 aliphatic rings. The molecule has 0 radical (unpaired) electrons. The quantitative estimate of drug-likeness (QED) is 0.341. The van der Waals surface area contributed by atoms with Gasteiger partial charge in [-0.1, -0.05) is 44.8 Å². The van der Waals surface area contributed by atoms with Gasteiger partial charge in [0.1, 0.15) is 5.78 Å². The summed E-state index contributed by atoms with van der Waals surface area (Å²) in [5, 5.41) is 19.2. The molecule has 0 amide bonds. The highest BCUT2D eigenvalue weighted by molar-refractivity contribution is 5.84. The summed E-state index contributed by atoms with van der Waals surface area (Å²) in [6.07, 6.45) is 11.9. The Morgan fingerprint density at radius 1 is 1.33 bits per heavy atom. The number of carboxylic acids is 1. The van der Waals surface area contributed by atoms with E-state index in [2.05, 4.69) is 26.0 Å². The molecule has 2 N–H and O–H groups in total. The summed E-state index contributed by atoms with van der Waals surface area (Å²) in [7, 11) is 1.75. The molecule has 156 valence electrons. The topological polar surface area (TPSA) is 83.8 Å². The minimum Gasteiger partial charge on any atom is -0.481 e. The van der Waals surface area contributed by atoms with Crippen molar-refractivity contribution in [3.8, 4) is 0 Å². The van der Waals surface area contributed by atoms with Crippen LogP contribution in [-0.4, -0.2) is 40.8 Å². The number of ether oxygens (including phenoxy) is 1. The summed E-state index contributed by atoms with van der Waals surface area (Å²) < 4.78 is 5.68. The smallest absolute Gasteiger partial charge is 0.303 e. The Kier molecular flexibility index (Phi) is 10.9. The number of aliphatic carboxylic acids is 1. The number of aliphatic hydroxyl groups excluding tert-OH is 1. The number of hydrogen-bond donors (Lipinski definition) is 2. The fraction of sp³-hybridized carbons (Fsp3) is 0.818. The number of unbranched alkanes of at least 4 members (excludes halogenated alkanes) is 3. The first-order valence-electron chi connectivity index (χ1n) is 10.5. The maximum atomic E-state index is 12.3. The van der Waals surface area contributed by atoms with Crippen molar-refractivity contribution < 1.29 is 24.5 Å². The maximum absolute atomic E-state index is 12.3. The van der Waals surface area contributed by atoms with E-state index in [1.54, 1.807) is 7.11 Å². The van der Waals surface area contributed by atoms with E-state index in [4.69, 9.17) is 9.84 Å². The molecule has 1 rings (SSSR count). The first-order valence-corrected chi connectivity index (χ1v) is 10.5. The standard InChI is InChI=1S/C22H38O5/c1-4-5-15-22(2,27-3)16-9-10-17-13-14-19(24)21(17)18(23)11-7-6-8-12-20(25)26/h9-10,17-18,21,23H,4-8,11-16H2,1-3H3,(H,25,26)/t17-,18?,21-,22?/m0/s1. The third-order valence-corrected chi connectivity index (χ3v) is 5.85. The molecule has 4 atom stereocenters. The summed E-state index contributed by atoms with van der Waals surface area (Å²) in [5.41, 5.74) is -0.173. The number of carbonyl (C=O) groups excluding carboxylic acids is 1. The van der Waals surface area contributed by atoms with Crippen LogP contribution in [0.2, 0.25) is 0 Å². The van der Waals surface area contributed by atoms with E-state index >= 15 is 0 Å². The third-order valence-electron chi connectivity index (χ3n) is 5.85. The number of hydrogen-bond acceptors (Lipinski definition) is 4. The number of carbonyl (C=O) groups is 2. The lowest BCUT2D eigenvalue weighted by Crippen LogP contribution is -2.29. The summed E-state index contributed by atoms with van der Waals surface area (Å²) in [6.45, 7) is 4.29. The van der Waals surface area contributed by atoms with Gasteiger partial charge in [-0.05, 0) is 44.9 Å². The van der Waals surface area contributed by atoms with Gasteiger partial charge in [0.2, 0.25) is 0 Å². The lowest BCUT2D eigenvalue weighted by Gasteiger charge is -2.27. The SMILES string of the molecule is CCCCC(C)(CC=C[C@H]1CCC(=O)[C@@H]1C(O)CCCCCC(=O)O)OC. The van der Waals surface area contributed by atoms with Crippen LogP contribution in [0.3, 0.4) is 0 Å². The normalized spacial score (nSPS) is 23.6. The molecular formula is C22H38O5. The van der Waals surface area contributed by atoms with Gasteiger partial charge in [0.15, 0.2) is 0 Å². The van der Waals surface area contributed by atoms with E-state index in [1.165, 1.54) is 0 Å². The van der Waals surface area contributed by atoms with Crippen LogP contribution in [0.4, 0.5) is 0 Å². The van der Waals surface area contributed by atoms with Gasteiger partial charge < -0.3 is 14.9 Å². The molecule has 27 heavy (non-hydrogen) atoms. The Balaban J connectivity index is 2.51. The molecule has 2 unspecified atom stereocenters. The zero-order valence-corrected chi connectivity index (χ0v) is 17.3. The average molecular weight is 383 g/mol. The number of carboxylic acid groups (broad SMARTS) is 1. The number of aliphatic hydroxyl groups is 1. The zero-order chi connectivity index (χ0) is 20.3. The minimum absolute atomic E-state index is 0.0961. The fourth-order valence-electron chi connectivity index (χ4n) is 3.93. The molecule has 1 aliphatic carbocycles. The van der Waals surface area contributed by atoms with Crippen LogP contribution in [0, 0.1) is 11.8 Å². The highest BCUT2D eigenvalue weighted by Crippen LogP contribution is 2.35. The van der Waals surface area contributed by atoms with Gasteiger partial charge >= 0.3 is 5.97 Å². The zero-order valence-electron chi connectivity index (χ0n) is 17.3. The van der Waals surface area contributed by atoms with Gasteiger partial charge in [-0.3, -0.25) is 9.59 Å². The van der Waals surface area contributed by atoms with Crippen LogP contribution in [0.5, 0.6) is 0 Å². The van der Waals surface area contributed by atoms with Gasteiger partial charge in [-0.2, -0.15) is 0 Å². The number of allylic oxidation sites excluding steroid dienone is 1. The van der Waals surface area contributed by atoms with Crippen LogP contribution >= 0.6 is 0 Å². The average Bonchev–Trinajstić information content (AvgIpc) is 3.00. The molecule has 0 spiro atoms. The Morgan fingerprint density at radius 2 is 2.07 bits per heavy atom. The van der Waals surface area contributed by atoms with Gasteiger partial charge in [-0.15, -0.1) is 0 Å². The van der Waals surface area contributed by atoms with E-state index in [-0.39, 0.29) is 29.6 Å². The largest absolute Gasteiger partial charge is 0.481 e. The number of Topliss-reactive ketones (excluding diaryl/α,β-unsaturated/α-hetero) is 1.